The number of carbonyl (C=O) groups excluding carboxylic acids is 7. The minimum Gasteiger partial charge on any atom is -0.391 e. The molecular weight excluding hydrogens is 970 g/mol. The molecule has 0 radical (unpaired) electrons. The third kappa shape index (κ3) is 13.3. The van der Waals surface area contributed by atoms with Crippen LogP contribution in [0.25, 0.3) is 10.4 Å². The van der Waals surface area contributed by atoms with Crippen LogP contribution in [0.15, 0.2) is 66.2 Å². The van der Waals surface area contributed by atoms with Gasteiger partial charge < -0.3 is 42.7 Å². The summed E-state index contributed by atoms with van der Waals surface area (Å²) in [5.74, 6) is -3.14. The molecule has 0 spiro atoms. The quantitative estimate of drug-likeness (QED) is 0.0601. The number of nitrogens with one attached hydrogen (secondary N) is 4. The van der Waals surface area contributed by atoms with Gasteiger partial charge in [0.05, 0.1) is 40.0 Å². The molecule has 1 fully saturated rings. The number of halogens is 1. The maximum Gasteiger partial charge on any atom is 0.246 e. The van der Waals surface area contributed by atoms with Crippen LogP contribution in [0.1, 0.15) is 119 Å². The van der Waals surface area contributed by atoms with Gasteiger partial charge in [0.25, 0.3) is 0 Å². The summed E-state index contributed by atoms with van der Waals surface area (Å²) in [5, 5.41) is 22.4. The van der Waals surface area contributed by atoms with Crippen LogP contribution < -0.4 is 37.6 Å². The van der Waals surface area contributed by atoms with E-state index in [0.29, 0.717) is 43.5 Å². The summed E-state index contributed by atoms with van der Waals surface area (Å²) < 4.78 is 0. The molecule has 7 amide bonds. The number of likely N-dealkylation sites (tertiary alicyclic amines) is 1. The number of thiazole rings is 1. The van der Waals surface area contributed by atoms with Crippen LogP contribution in [0, 0.1) is 19.3 Å². The Kier molecular flexibility index (Phi) is 18.6. The molecule has 0 aliphatic carbocycles. The maximum absolute atomic E-state index is 14.2. The smallest absolute Gasteiger partial charge is 0.246 e. The summed E-state index contributed by atoms with van der Waals surface area (Å²) >= 11 is 1.57. The summed E-state index contributed by atoms with van der Waals surface area (Å²) in [6.07, 6.45) is 3.10. The number of hydrogen-bond donors (Lipinski definition) is 7. The van der Waals surface area contributed by atoms with Crippen LogP contribution in [-0.2, 0) is 52.8 Å². The van der Waals surface area contributed by atoms with E-state index in [2.05, 4.69) is 26.3 Å². The first-order chi connectivity index (χ1) is 34.2. The van der Waals surface area contributed by atoms with E-state index < -0.39 is 65.4 Å². The largest absolute Gasteiger partial charge is 0.391 e. The standard InChI is InChI=1S/C54H69N9O8S.ClH/c1-30-33(13-11-16-40(30)59-49(67)41(24-25-44(56)65)60-51(69)43-26-37-15-10-14-35-22-23-39(55)52(70)63(43)46(35)37)12-8-7-9-17-45(66)61-48(54(4,5)6)53(71)62-28-38(64)27-42(62)50(68)58-31(2)34-18-20-36(21-19-34)47-32(3)57-29-72-47;/h10-11,13-16,18-21,29,31,38-39,41-43,48,64H,7-9,12,17,22-28,55H2,1-6H3,(H2,56,65)(H,58,68)(H,59,67)(H,60,69)(H,61,66);1H/t31-,38+,39-,41-,42-,43-,48+;/m0./s1. The molecule has 1 saturated heterocycles. The number of aliphatic hydroxyl groups is 1. The maximum atomic E-state index is 14.2. The van der Waals surface area contributed by atoms with E-state index in [1.807, 2.05) is 102 Å². The summed E-state index contributed by atoms with van der Waals surface area (Å²) in [7, 11) is 0. The Hall–Kier alpha value is -6.21. The number of amides is 7. The zero-order valence-electron chi connectivity index (χ0n) is 42.5. The highest BCUT2D eigenvalue weighted by atomic mass is 35.5. The Morgan fingerprint density at radius 1 is 0.890 bits per heavy atom. The van der Waals surface area contributed by atoms with E-state index in [0.717, 1.165) is 50.4 Å². The van der Waals surface area contributed by atoms with Crippen molar-refractivity contribution in [2.24, 2.45) is 16.9 Å². The topological polar surface area (TPSA) is 259 Å². The number of anilines is 2. The van der Waals surface area contributed by atoms with Crippen molar-refractivity contribution in [1.29, 1.82) is 0 Å². The van der Waals surface area contributed by atoms with Crippen molar-refractivity contribution in [2.45, 2.75) is 155 Å². The molecule has 4 aromatic rings. The second-order valence-electron chi connectivity index (χ2n) is 20.6. The molecule has 0 bridgehead atoms. The van der Waals surface area contributed by atoms with Crippen molar-refractivity contribution in [1.82, 2.24) is 25.8 Å². The number of hydrogen-bond acceptors (Lipinski definition) is 11. The molecule has 3 aromatic carbocycles. The van der Waals surface area contributed by atoms with Crippen LogP contribution in [0.4, 0.5) is 11.4 Å². The van der Waals surface area contributed by atoms with Gasteiger partial charge in [0.1, 0.15) is 24.2 Å². The third-order valence-corrected chi connectivity index (χ3v) is 15.2. The Labute approximate surface area is 437 Å². The van der Waals surface area contributed by atoms with Crippen molar-refractivity contribution in [3.05, 3.63) is 99.7 Å². The lowest BCUT2D eigenvalue weighted by Crippen LogP contribution is -2.57. The van der Waals surface area contributed by atoms with E-state index in [1.165, 1.54) is 9.80 Å². The zero-order valence-corrected chi connectivity index (χ0v) is 44.1. The molecule has 0 unspecified atom stereocenters. The van der Waals surface area contributed by atoms with E-state index >= 15 is 0 Å². The van der Waals surface area contributed by atoms with Crippen molar-refractivity contribution in [2.75, 3.05) is 16.8 Å². The lowest BCUT2D eigenvalue weighted by atomic mass is 9.85. The highest BCUT2D eigenvalue weighted by Gasteiger charge is 2.46. The molecule has 3 aliphatic heterocycles. The van der Waals surface area contributed by atoms with Gasteiger partial charge in [0.15, 0.2) is 0 Å². The predicted molar refractivity (Wildman–Crippen MR) is 284 cm³/mol. The summed E-state index contributed by atoms with van der Waals surface area (Å²) in [4.78, 5) is 103. The van der Waals surface area contributed by atoms with Gasteiger partial charge in [-0.1, -0.05) is 81.8 Å². The minimum atomic E-state index is -1.13. The van der Waals surface area contributed by atoms with Gasteiger partial charge in [-0.25, -0.2) is 4.98 Å². The second kappa shape index (κ2) is 24.2. The molecular formula is C54H70ClN9O8S. The van der Waals surface area contributed by atoms with E-state index in [1.54, 1.807) is 17.4 Å². The molecule has 3 aliphatic rings. The van der Waals surface area contributed by atoms with Crippen LogP contribution in [-0.4, -0.2) is 99.2 Å². The van der Waals surface area contributed by atoms with Crippen LogP contribution in [0.2, 0.25) is 0 Å². The van der Waals surface area contributed by atoms with Gasteiger partial charge in [-0.05, 0) is 104 Å². The predicted octanol–water partition coefficient (Wildman–Crippen LogP) is 5.24. The molecule has 19 heteroatoms. The number of unbranched alkanes of at least 4 members (excludes halogenated alkanes) is 2. The van der Waals surface area contributed by atoms with Crippen molar-refractivity contribution < 1.29 is 38.7 Å². The van der Waals surface area contributed by atoms with Crippen LogP contribution in [0.3, 0.4) is 0 Å². The van der Waals surface area contributed by atoms with Gasteiger partial charge in [-0.2, -0.15) is 0 Å². The number of aromatic nitrogens is 1. The van der Waals surface area contributed by atoms with Crippen LogP contribution in [0.5, 0.6) is 0 Å². The summed E-state index contributed by atoms with van der Waals surface area (Å²) in [6, 6.07) is 14.1. The molecule has 1 aromatic heterocycles. The fraction of sp³-hybridized carbons (Fsp3) is 0.481. The highest BCUT2D eigenvalue weighted by molar-refractivity contribution is 7.13. The molecule has 392 valence electrons. The zero-order chi connectivity index (χ0) is 52.0. The molecule has 9 N–H and O–H groups in total. The molecule has 4 heterocycles. The van der Waals surface area contributed by atoms with Gasteiger partial charge in [0.2, 0.25) is 41.4 Å². The van der Waals surface area contributed by atoms with Gasteiger partial charge >= 0.3 is 0 Å². The number of rotatable bonds is 19. The SMILES string of the molecule is Cc1ncsc1-c1ccc([C@H](C)NC(=O)[C@@H]2C[C@@H](O)CN2C(=O)[C@@H](NC(=O)CCCCCc2cccc(NC(=O)[C@H](CCC(N)=O)NC(=O)[C@@H]3Cc4cccc5c4N3C(=O)[C@@H](N)CC5)c2C)C(C)(C)C)cc1.Cl. The Bertz CT molecular complexity index is 2690. The molecule has 0 saturated carbocycles. The van der Waals surface area contributed by atoms with Crippen LogP contribution >= 0.6 is 23.7 Å². The molecule has 7 atom stereocenters. The van der Waals surface area contributed by atoms with E-state index in [9.17, 15) is 38.7 Å². The fourth-order valence-corrected chi connectivity index (χ4v) is 10.8. The number of aryl methyl sites for hydroxylation is 3. The average Bonchev–Trinajstić information content (AvgIpc) is 4.05. The number of carbonyl (C=O) groups is 7. The number of benzene rings is 3. The highest BCUT2D eigenvalue weighted by Crippen LogP contribution is 2.39. The van der Waals surface area contributed by atoms with E-state index in [4.69, 9.17) is 11.5 Å². The third-order valence-electron chi connectivity index (χ3n) is 14.2. The lowest BCUT2D eigenvalue weighted by molar-refractivity contribution is -0.144. The number of β-amino-alcohol motifs (C(OH)–C–C–N with tert-alkyl or cyclic N) is 1. The summed E-state index contributed by atoms with van der Waals surface area (Å²) in [6.45, 7) is 11.3. The van der Waals surface area contributed by atoms with Gasteiger partial charge in [0, 0.05) is 37.9 Å². The number of nitrogens with zero attached hydrogens (tertiary/aromatic N) is 3. The fourth-order valence-electron chi connectivity index (χ4n) is 10.0. The second-order valence-corrected chi connectivity index (χ2v) is 21.4. The minimum absolute atomic E-state index is 0. The Morgan fingerprint density at radius 2 is 1.59 bits per heavy atom. The number of para-hydroxylation sites is 1. The first kappa shape index (κ1) is 56.1. The normalized spacial score (nSPS) is 19.4. The molecule has 73 heavy (non-hydrogen) atoms. The monoisotopic (exact) mass is 1040 g/mol. The van der Waals surface area contributed by atoms with E-state index in [-0.39, 0.29) is 74.8 Å². The molecule has 17 nitrogen and oxygen atoms in total. The van der Waals surface area contributed by atoms with Crippen molar-refractivity contribution in [3.8, 4) is 10.4 Å². The Balaban J connectivity index is 0.00000869. The number of nitrogens with two attached hydrogens (primary N) is 2. The van der Waals surface area contributed by atoms with Crippen molar-refractivity contribution in [3.63, 3.8) is 0 Å². The van der Waals surface area contributed by atoms with Crippen molar-refractivity contribution >= 4 is 76.5 Å². The summed E-state index contributed by atoms with van der Waals surface area (Å²) in [5.41, 5.74) is 20.5. The first-order valence-electron chi connectivity index (χ1n) is 25.0. The average molecular weight is 1040 g/mol. The molecule has 7 rings (SSSR count). The Morgan fingerprint density at radius 3 is 2.27 bits per heavy atom. The first-order valence-corrected chi connectivity index (χ1v) is 25.9. The van der Waals surface area contributed by atoms with Gasteiger partial charge in [-0.3, -0.25) is 38.5 Å². The lowest BCUT2D eigenvalue weighted by Gasteiger charge is -2.35. The number of aliphatic hydroxyl groups excluding tert-OH is 1. The van der Waals surface area contributed by atoms with Gasteiger partial charge in [-0.15, -0.1) is 23.7 Å². The number of primary amides is 1.